The fraction of sp³-hybridized carbons (Fsp3) is 0.438. The van der Waals surface area contributed by atoms with E-state index in [-0.39, 0.29) is 37.9 Å². The number of alkyl carbamates (subject to hydrolysis) is 1. The summed E-state index contributed by atoms with van der Waals surface area (Å²) in [5, 5.41) is 12.1. The molecule has 2 amide bonds. The maximum atomic E-state index is 12.0. The summed E-state index contributed by atoms with van der Waals surface area (Å²) in [7, 11) is 0. The number of β-amino-alcohol motifs (C(OH)–C–C–N with tert-alkyl or cyclic N) is 1. The maximum Gasteiger partial charge on any atom is 0.407 e. The molecule has 1 aromatic rings. The van der Waals surface area contributed by atoms with E-state index in [2.05, 4.69) is 5.32 Å². The van der Waals surface area contributed by atoms with Gasteiger partial charge in [0.25, 0.3) is 0 Å². The van der Waals surface area contributed by atoms with Gasteiger partial charge in [-0.2, -0.15) is 0 Å². The molecule has 7 heteroatoms. The smallest absolute Gasteiger partial charge is 0.407 e. The van der Waals surface area contributed by atoms with Crippen molar-refractivity contribution in [1.29, 1.82) is 0 Å². The van der Waals surface area contributed by atoms with Crippen LogP contribution in [-0.4, -0.2) is 53.5 Å². The molecule has 1 saturated heterocycles. The van der Waals surface area contributed by atoms with Gasteiger partial charge in [0, 0.05) is 13.1 Å². The molecule has 1 heterocycles. The molecule has 124 valence electrons. The third-order valence-corrected chi connectivity index (χ3v) is 3.76. The van der Waals surface area contributed by atoms with Gasteiger partial charge in [-0.15, -0.1) is 0 Å². The first kappa shape index (κ1) is 17.0. The lowest BCUT2D eigenvalue weighted by molar-refractivity contribution is -0.129. The second kappa shape index (κ2) is 7.73. The number of amides is 2. The Morgan fingerprint density at radius 2 is 1.96 bits per heavy atom. The Kier molecular flexibility index (Phi) is 5.70. The fourth-order valence-corrected chi connectivity index (χ4v) is 2.42. The number of aliphatic hydroxyl groups excluding tert-OH is 1. The number of hydrogen-bond donors (Lipinski definition) is 2. The van der Waals surface area contributed by atoms with Gasteiger partial charge in [0.2, 0.25) is 5.91 Å². The number of carbonyl (C=O) groups is 3. The molecule has 0 bridgehead atoms. The summed E-state index contributed by atoms with van der Waals surface area (Å²) in [6, 6.07) is 9.19. The van der Waals surface area contributed by atoms with Gasteiger partial charge < -0.3 is 20.1 Å². The van der Waals surface area contributed by atoms with Crippen molar-refractivity contribution in [3.63, 3.8) is 0 Å². The molecule has 0 radical (unpaired) electrons. The number of nitrogens with one attached hydrogen (secondary N) is 1. The summed E-state index contributed by atoms with van der Waals surface area (Å²) < 4.78 is 5.00. The van der Waals surface area contributed by atoms with Gasteiger partial charge in [-0.1, -0.05) is 30.3 Å². The van der Waals surface area contributed by atoms with Crippen molar-refractivity contribution in [2.24, 2.45) is 5.92 Å². The molecule has 2 unspecified atom stereocenters. The van der Waals surface area contributed by atoms with Crippen LogP contribution in [0.3, 0.4) is 0 Å². The highest BCUT2D eigenvalue weighted by atomic mass is 16.5. The van der Waals surface area contributed by atoms with Crippen molar-refractivity contribution in [2.45, 2.75) is 19.6 Å². The van der Waals surface area contributed by atoms with Gasteiger partial charge in [-0.05, 0) is 12.5 Å². The topological polar surface area (TPSA) is 95.9 Å². The van der Waals surface area contributed by atoms with E-state index >= 15 is 0 Å². The summed E-state index contributed by atoms with van der Waals surface area (Å²) in [5.41, 5.74) is 0.848. The van der Waals surface area contributed by atoms with Crippen molar-refractivity contribution < 1.29 is 24.2 Å². The van der Waals surface area contributed by atoms with Gasteiger partial charge in [0.05, 0.1) is 12.0 Å². The summed E-state index contributed by atoms with van der Waals surface area (Å²) in [4.78, 5) is 36.2. The number of ether oxygens (including phenoxy) is 1. The van der Waals surface area contributed by atoms with Crippen molar-refractivity contribution in [3.05, 3.63) is 35.9 Å². The molecule has 7 nitrogen and oxygen atoms in total. The Bertz CT molecular complexity index is 575. The van der Waals surface area contributed by atoms with Crippen molar-refractivity contribution >= 4 is 17.8 Å². The van der Waals surface area contributed by atoms with Gasteiger partial charge in [-0.25, -0.2) is 4.79 Å². The number of hydrogen-bond acceptors (Lipinski definition) is 5. The van der Waals surface area contributed by atoms with E-state index < -0.39 is 18.1 Å². The van der Waals surface area contributed by atoms with Crippen molar-refractivity contribution in [2.75, 3.05) is 19.6 Å². The number of benzene rings is 1. The first-order valence-corrected chi connectivity index (χ1v) is 7.38. The molecule has 2 atom stereocenters. The third-order valence-electron chi connectivity index (χ3n) is 3.76. The normalized spacial score (nSPS) is 20.2. The molecule has 23 heavy (non-hydrogen) atoms. The van der Waals surface area contributed by atoms with Crippen LogP contribution in [0.25, 0.3) is 0 Å². The molecule has 1 aliphatic rings. The SMILES string of the molecule is CC(=O)C1CN(C(=O)CNC(=O)OCc2ccccc2)CC1O. The third kappa shape index (κ3) is 4.79. The van der Waals surface area contributed by atoms with E-state index in [1.165, 1.54) is 11.8 Å². The first-order chi connectivity index (χ1) is 11.0. The molecule has 1 aromatic carbocycles. The lowest BCUT2D eigenvalue weighted by atomic mass is 10.0. The van der Waals surface area contributed by atoms with E-state index in [1.54, 1.807) is 0 Å². The Hall–Kier alpha value is -2.41. The molecule has 2 N–H and O–H groups in total. The highest BCUT2D eigenvalue weighted by molar-refractivity contribution is 5.85. The van der Waals surface area contributed by atoms with Crippen LogP contribution in [0.1, 0.15) is 12.5 Å². The number of rotatable bonds is 5. The second-order valence-electron chi connectivity index (χ2n) is 5.50. The van der Waals surface area contributed by atoms with E-state index in [9.17, 15) is 19.5 Å². The van der Waals surface area contributed by atoms with Crippen LogP contribution in [-0.2, 0) is 20.9 Å². The summed E-state index contributed by atoms with van der Waals surface area (Å²) in [6.45, 7) is 1.56. The largest absolute Gasteiger partial charge is 0.445 e. The minimum atomic E-state index is -0.846. The Balaban J connectivity index is 1.72. The van der Waals surface area contributed by atoms with Gasteiger partial charge in [0.1, 0.15) is 18.9 Å². The number of Topliss-reactive ketones (excluding diaryl/α,β-unsaturated/α-hetero) is 1. The lowest BCUT2D eigenvalue weighted by Gasteiger charge is -2.16. The molecular formula is C16H20N2O5. The summed E-state index contributed by atoms with van der Waals surface area (Å²) >= 11 is 0. The molecule has 2 rings (SSSR count). The van der Waals surface area contributed by atoms with Crippen LogP contribution in [0, 0.1) is 5.92 Å². The highest BCUT2D eigenvalue weighted by Crippen LogP contribution is 2.17. The second-order valence-corrected chi connectivity index (χ2v) is 5.50. The Labute approximate surface area is 134 Å². The van der Waals surface area contributed by atoms with Crippen molar-refractivity contribution in [1.82, 2.24) is 10.2 Å². The zero-order valence-corrected chi connectivity index (χ0v) is 12.9. The predicted molar refractivity (Wildman–Crippen MR) is 81.4 cm³/mol. The van der Waals surface area contributed by atoms with E-state index in [1.807, 2.05) is 30.3 Å². The average Bonchev–Trinajstić information content (AvgIpc) is 2.94. The fourth-order valence-electron chi connectivity index (χ4n) is 2.42. The molecule has 1 fully saturated rings. The first-order valence-electron chi connectivity index (χ1n) is 7.38. The van der Waals surface area contributed by atoms with Crippen LogP contribution in [0.15, 0.2) is 30.3 Å². The molecule has 1 aliphatic heterocycles. The molecule has 0 spiro atoms. The summed E-state index contributed by atoms with van der Waals surface area (Å²) in [5.74, 6) is -1.06. The minimum absolute atomic E-state index is 0.101. The van der Waals surface area contributed by atoms with Crippen molar-refractivity contribution in [3.8, 4) is 0 Å². The van der Waals surface area contributed by atoms with E-state index in [4.69, 9.17) is 4.74 Å². The minimum Gasteiger partial charge on any atom is -0.445 e. The van der Waals surface area contributed by atoms with Gasteiger partial charge in [-0.3, -0.25) is 9.59 Å². The number of nitrogens with zero attached hydrogens (tertiary/aromatic N) is 1. The molecule has 0 aromatic heterocycles. The molecule has 0 saturated carbocycles. The quantitative estimate of drug-likeness (QED) is 0.814. The zero-order chi connectivity index (χ0) is 16.8. The average molecular weight is 320 g/mol. The van der Waals surface area contributed by atoms with E-state index in [0.29, 0.717) is 0 Å². The number of aliphatic hydroxyl groups is 1. The van der Waals surface area contributed by atoms with Crippen LogP contribution in [0.2, 0.25) is 0 Å². The molecule has 0 aliphatic carbocycles. The zero-order valence-electron chi connectivity index (χ0n) is 12.9. The number of carbonyl (C=O) groups excluding carboxylic acids is 3. The Morgan fingerprint density at radius 1 is 1.26 bits per heavy atom. The predicted octanol–water partition coefficient (Wildman–Crippen LogP) is 0.321. The van der Waals surface area contributed by atoms with Crippen LogP contribution in [0.5, 0.6) is 0 Å². The standard InChI is InChI=1S/C16H20N2O5/c1-11(19)13-8-18(9-14(13)20)15(21)7-17-16(22)23-10-12-5-3-2-4-6-12/h2-6,13-14,20H,7-10H2,1H3,(H,17,22). The number of ketones is 1. The van der Waals surface area contributed by atoms with Crippen LogP contribution < -0.4 is 5.32 Å². The highest BCUT2D eigenvalue weighted by Gasteiger charge is 2.36. The van der Waals surface area contributed by atoms with Gasteiger partial charge in [0.15, 0.2) is 0 Å². The van der Waals surface area contributed by atoms with Crippen LogP contribution >= 0.6 is 0 Å². The number of likely N-dealkylation sites (tertiary alicyclic amines) is 1. The monoisotopic (exact) mass is 320 g/mol. The molecular weight excluding hydrogens is 300 g/mol. The summed E-state index contributed by atoms with van der Waals surface area (Å²) in [6.07, 6.45) is -1.54. The van der Waals surface area contributed by atoms with E-state index in [0.717, 1.165) is 5.56 Å². The lowest BCUT2D eigenvalue weighted by Crippen LogP contribution is -2.39. The van der Waals surface area contributed by atoms with Gasteiger partial charge >= 0.3 is 6.09 Å². The van der Waals surface area contributed by atoms with Crippen LogP contribution in [0.4, 0.5) is 4.79 Å². The Morgan fingerprint density at radius 3 is 2.57 bits per heavy atom. The maximum absolute atomic E-state index is 12.0.